The van der Waals surface area contributed by atoms with Gasteiger partial charge >= 0.3 is 0 Å². The van der Waals surface area contributed by atoms with Crippen molar-refractivity contribution in [1.29, 1.82) is 0 Å². The van der Waals surface area contributed by atoms with Gasteiger partial charge in [0.05, 0.1) is 72.2 Å². The molecule has 3 aliphatic rings. The molecule has 0 saturated carbocycles. The number of hydrogen-bond donors (Lipinski definition) is 2. The maximum Gasteiger partial charge on any atom is 0.280 e. The molecule has 0 bridgehead atoms. The fraction of sp³-hybridized carbons (Fsp3) is 0.533. The Morgan fingerprint density at radius 2 is 0.932 bits per heavy atom. The normalized spacial score (nSPS) is 15.2. The van der Waals surface area contributed by atoms with Crippen LogP contribution in [0.25, 0.3) is 22.0 Å². The van der Waals surface area contributed by atoms with E-state index in [0.717, 1.165) is 64.2 Å². The van der Waals surface area contributed by atoms with Gasteiger partial charge in [0.25, 0.3) is 17.7 Å². The van der Waals surface area contributed by atoms with Gasteiger partial charge in [-0.05, 0) is 117 Å². The molecular weight excluding hydrogens is 1130 g/mol. The molecule has 0 spiro atoms. The molecule has 74 heavy (non-hydrogen) atoms. The Hall–Kier alpha value is -3.40. The SMILES string of the molecule is CCCCCCCCC(CCCCCC)CN1C(=O)C2=C(c3ccc(Br)s3)N(CC(CCCCCC)CCCCCCCC)C(=O)C2=C1c1ccc(Br)s1.O=C1N=C(c2cccs2)c2c(O)[nH]c(-c3cccs3)c21. The molecule has 0 radical (unpaired) electrons. The van der Waals surface area contributed by atoms with Gasteiger partial charge in [-0.1, -0.05) is 168 Å². The second-order valence-corrected chi connectivity index (χ2v) is 27.2. The quantitative estimate of drug-likeness (QED) is 0.0418. The van der Waals surface area contributed by atoms with Gasteiger partial charge in [-0.2, -0.15) is 0 Å². The predicted molar refractivity (Wildman–Crippen MR) is 322 cm³/mol. The number of aromatic amines is 1. The number of nitrogens with zero attached hydrogens (tertiary/aromatic N) is 3. The standard InChI is InChI=1S/C46H70Br2N2O2S2.C14H8N2O2S2/c1-5-9-13-17-19-23-27-35(25-21-15-11-7-3)33-49-43(37-29-31-39(47)53-37)41-42(45(49)51)44(38-30-32-40(48)54-38)50(46(41)52)34-36(26-22-16-12-8-4)28-24-20-18-14-10-6-2;17-13-9-10(12(16-13)8-4-2-6-20-8)14(18)15-11(9)7-3-1-5-19-7/h29-32,35-36H,5-28,33-34H2,1-4H3;1-6,15,18H. The molecule has 0 fully saturated rings. The van der Waals surface area contributed by atoms with Crippen LogP contribution in [-0.4, -0.2) is 56.4 Å². The minimum Gasteiger partial charge on any atom is -0.494 e. The molecule has 2 atom stereocenters. The van der Waals surface area contributed by atoms with Crippen molar-refractivity contribution in [3.63, 3.8) is 0 Å². The molecule has 5 aromatic rings. The van der Waals surface area contributed by atoms with Gasteiger partial charge in [0, 0.05) is 13.1 Å². The van der Waals surface area contributed by atoms with Gasteiger partial charge < -0.3 is 19.9 Å². The monoisotopic (exact) mass is 1200 g/mol. The Morgan fingerprint density at radius 3 is 1.32 bits per heavy atom. The Morgan fingerprint density at radius 1 is 0.527 bits per heavy atom. The van der Waals surface area contributed by atoms with E-state index >= 15 is 9.59 Å². The maximum atomic E-state index is 15.1. The zero-order valence-corrected chi connectivity index (χ0v) is 50.7. The van der Waals surface area contributed by atoms with E-state index in [9.17, 15) is 9.90 Å². The summed E-state index contributed by atoms with van der Waals surface area (Å²) >= 11 is 13.7. The molecule has 0 saturated heterocycles. The molecule has 14 heteroatoms. The molecule has 8 heterocycles. The Bertz CT molecular complexity index is 2560. The van der Waals surface area contributed by atoms with E-state index in [1.807, 2.05) is 44.8 Å². The Labute approximate surface area is 474 Å². The molecule has 8 rings (SSSR count). The second kappa shape index (κ2) is 29.9. The molecule has 8 nitrogen and oxygen atoms in total. The number of fused-ring (bicyclic) bond motifs is 2. The lowest BCUT2D eigenvalue weighted by Crippen LogP contribution is -2.34. The predicted octanol–water partition coefficient (Wildman–Crippen LogP) is 19.3. The number of amides is 3. The van der Waals surface area contributed by atoms with Crippen LogP contribution in [0.15, 0.2) is 83.0 Å². The van der Waals surface area contributed by atoms with Gasteiger partial charge in [-0.3, -0.25) is 14.4 Å². The number of aliphatic imine (C=N–C) groups is 1. The molecule has 400 valence electrons. The number of nitrogens with one attached hydrogen (secondary N) is 1. The van der Waals surface area contributed by atoms with Crippen molar-refractivity contribution >= 4 is 112 Å². The zero-order chi connectivity index (χ0) is 52.4. The largest absolute Gasteiger partial charge is 0.494 e. The van der Waals surface area contributed by atoms with E-state index in [1.165, 1.54) is 151 Å². The highest BCUT2D eigenvalue weighted by Crippen LogP contribution is 2.50. The van der Waals surface area contributed by atoms with Gasteiger partial charge in [-0.15, -0.1) is 45.3 Å². The summed E-state index contributed by atoms with van der Waals surface area (Å²) < 4.78 is 2.05. The van der Waals surface area contributed by atoms with Gasteiger partial charge in [0.1, 0.15) is 0 Å². The third kappa shape index (κ3) is 15.0. The average Bonchev–Trinajstić information content (AvgIpc) is 4.27. The molecule has 2 unspecified atom stereocenters. The minimum absolute atomic E-state index is 0.00130. The summed E-state index contributed by atoms with van der Waals surface area (Å²) in [5, 5.41) is 14.0. The highest BCUT2D eigenvalue weighted by molar-refractivity contribution is 9.11. The summed E-state index contributed by atoms with van der Waals surface area (Å²) in [6.07, 6.45) is 29.8. The number of halogens is 2. The molecule has 5 aromatic heterocycles. The van der Waals surface area contributed by atoms with Crippen LogP contribution in [0.3, 0.4) is 0 Å². The van der Waals surface area contributed by atoms with Crippen LogP contribution < -0.4 is 0 Å². The zero-order valence-electron chi connectivity index (χ0n) is 44.2. The lowest BCUT2D eigenvalue weighted by atomic mass is 9.93. The fourth-order valence-electron chi connectivity index (χ4n) is 10.8. The van der Waals surface area contributed by atoms with Crippen molar-refractivity contribution < 1.29 is 19.5 Å². The highest BCUT2D eigenvalue weighted by Gasteiger charge is 2.50. The number of thiophene rings is 4. The number of aromatic nitrogens is 1. The van der Waals surface area contributed by atoms with E-state index in [1.54, 1.807) is 22.7 Å². The van der Waals surface area contributed by atoms with Crippen LogP contribution in [0.5, 0.6) is 5.88 Å². The van der Waals surface area contributed by atoms with E-state index in [-0.39, 0.29) is 23.6 Å². The summed E-state index contributed by atoms with van der Waals surface area (Å²) in [4.78, 5) is 57.3. The number of carbonyl (C=O) groups excluding carboxylic acids is 3. The van der Waals surface area contributed by atoms with Crippen LogP contribution in [0.4, 0.5) is 0 Å². The Balaban J connectivity index is 0.000000328. The molecular formula is C60H78Br2N4O4S4. The molecule has 0 aliphatic carbocycles. The number of H-pyrrole nitrogens is 1. The van der Waals surface area contributed by atoms with E-state index < -0.39 is 0 Å². The fourth-order valence-corrected chi connectivity index (χ4v) is 15.1. The van der Waals surface area contributed by atoms with Gasteiger partial charge in [-0.25, -0.2) is 4.99 Å². The second-order valence-electron chi connectivity index (χ2n) is 20.3. The average molecular weight is 1210 g/mol. The first kappa shape index (κ1) is 58.3. The van der Waals surface area contributed by atoms with Crippen molar-refractivity contribution in [3.8, 4) is 16.5 Å². The van der Waals surface area contributed by atoms with Crippen LogP contribution in [0.1, 0.15) is 212 Å². The maximum absolute atomic E-state index is 15.1. The van der Waals surface area contributed by atoms with Crippen LogP contribution >= 0.6 is 77.2 Å². The summed E-state index contributed by atoms with van der Waals surface area (Å²) in [7, 11) is 0. The summed E-state index contributed by atoms with van der Waals surface area (Å²) in [6.45, 7) is 10.5. The first-order chi connectivity index (χ1) is 36.1. The highest BCUT2D eigenvalue weighted by atomic mass is 79.9. The first-order valence-corrected chi connectivity index (χ1v) is 32.9. The molecule has 0 aromatic carbocycles. The Kier molecular flexibility index (Phi) is 23.6. The van der Waals surface area contributed by atoms with Crippen LogP contribution in [-0.2, 0) is 9.59 Å². The third-order valence-electron chi connectivity index (χ3n) is 14.7. The topological polar surface area (TPSA) is 106 Å². The number of unbranched alkanes of at least 4 members (excludes halogenated alkanes) is 16. The smallest absolute Gasteiger partial charge is 0.280 e. The summed E-state index contributed by atoms with van der Waals surface area (Å²) in [6, 6.07) is 16.0. The summed E-state index contributed by atoms with van der Waals surface area (Å²) in [5.41, 5.74) is 5.16. The molecule has 3 aliphatic heterocycles. The number of carbonyl (C=O) groups is 3. The lowest BCUT2D eigenvalue weighted by Gasteiger charge is -2.29. The minimum atomic E-state index is -0.302. The van der Waals surface area contributed by atoms with Gasteiger partial charge in [0.15, 0.2) is 5.88 Å². The van der Waals surface area contributed by atoms with Crippen molar-refractivity contribution in [2.75, 3.05) is 13.1 Å². The van der Waals surface area contributed by atoms with E-state index in [0.29, 0.717) is 58.6 Å². The first-order valence-electron chi connectivity index (χ1n) is 27.9. The van der Waals surface area contributed by atoms with Crippen molar-refractivity contribution in [3.05, 3.63) is 104 Å². The summed E-state index contributed by atoms with van der Waals surface area (Å²) in [5.74, 6) is 0.593. The number of rotatable bonds is 32. The van der Waals surface area contributed by atoms with Crippen molar-refractivity contribution in [2.24, 2.45) is 16.8 Å². The third-order valence-corrected chi connectivity index (χ3v) is 19.7. The lowest BCUT2D eigenvalue weighted by molar-refractivity contribution is -0.124. The van der Waals surface area contributed by atoms with Gasteiger partial charge in [0.2, 0.25) is 0 Å². The van der Waals surface area contributed by atoms with Crippen molar-refractivity contribution in [1.82, 2.24) is 14.8 Å². The number of hydrogen-bond acceptors (Lipinski definition) is 8. The van der Waals surface area contributed by atoms with Crippen molar-refractivity contribution in [2.45, 2.75) is 182 Å². The number of aromatic hydroxyl groups is 1. The van der Waals surface area contributed by atoms with E-state index in [2.05, 4.69) is 93.8 Å². The molecule has 3 amide bonds. The van der Waals surface area contributed by atoms with Crippen LogP contribution in [0.2, 0.25) is 0 Å². The van der Waals surface area contributed by atoms with E-state index in [4.69, 9.17) is 0 Å². The van der Waals surface area contributed by atoms with Crippen LogP contribution in [0, 0.1) is 11.8 Å². The molecule has 2 N–H and O–H groups in total.